The lowest BCUT2D eigenvalue weighted by atomic mass is 10.3. The first-order valence-electron chi connectivity index (χ1n) is 5.27. The molecule has 86 valence electrons. The van der Waals surface area contributed by atoms with Crippen molar-refractivity contribution < 1.29 is 0 Å². The zero-order valence-electron chi connectivity index (χ0n) is 9.40. The summed E-state index contributed by atoms with van der Waals surface area (Å²) in [6.07, 6.45) is 1.63. The second-order valence-electron chi connectivity index (χ2n) is 3.56. The summed E-state index contributed by atoms with van der Waals surface area (Å²) in [5.74, 6) is 1.62. The number of aryl methyl sites for hydroxylation is 1. The van der Waals surface area contributed by atoms with Crippen LogP contribution in [-0.2, 0) is 0 Å². The second kappa shape index (κ2) is 4.97. The van der Waals surface area contributed by atoms with Crippen LogP contribution in [0, 0.1) is 6.92 Å². The van der Waals surface area contributed by atoms with Crippen LogP contribution >= 0.6 is 22.9 Å². The van der Waals surface area contributed by atoms with E-state index < -0.39 is 0 Å². The summed E-state index contributed by atoms with van der Waals surface area (Å²) in [6.45, 7) is 5.92. The van der Waals surface area contributed by atoms with Crippen LogP contribution in [0.5, 0.6) is 0 Å². The number of aromatic nitrogens is 2. The summed E-state index contributed by atoms with van der Waals surface area (Å²) in [5, 5.41) is 2.12. The van der Waals surface area contributed by atoms with Crippen LogP contribution in [0.4, 0.5) is 5.82 Å². The molecule has 16 heavy (non-hydrogen) atoms. The largest absolute Gasteiger partial charge is 0.354 e. The highest BCUT2D eigenvalue weighted by molar-refractivity contribution is 7.18. The molecule has 3 nitrogen and oxygen atoms in total. The maximum atomic E-state index is 5.80. The third-order valence-electron chi connectivity index (χ3n) is 2.55. The molecule has 0 N–H and O–H groups in total. The van der Waals surface area contributed by atoms with Gasteiger partial charge in [0.15, 0.2) is 0 Å². The van der Waals surface area contributed by atoms with Crippen LogP contribution in [0.3, 0.4) is 0 Å². The number of fused-ring (bicyclic) bond motifs is 1. The zero-order valence-corrected chi connectivity index (χ0v) is 11.0. The van der Waals surface area contributed by atoms with Gasteiger partial charge in [0.2, 0.25) is 0 Å². The molecule has 0 aliphatic rings. The molecule has 0 saturated carbocycles. The standard InChI is InChI=1S/C11H14ClN3S/c1-3-15(5-4-12)11-10-9(13-7-14-11)8(2)6-16-10/h6-7H,3-5H2,1-2H3. The molecule has 0 fully saturated rings. The van der Waals surface area contributed by atoms with Gasteiger partial charge in [-0.15, -0.1) is 22.9 Å². The van der Waals surface area contributed by atoms with Crippen LogP contribution in [0.1, 0.15) is 12.5 Å². The minimum absolute atomic E-state index is 0.615. The summed E-state index contributed by atoms with van der Waals surface area (Å²) < 4.78 is 1.16. The fraction of sp³-hybridized carbons (Fsp3) is 0.455. The first kappa shape index (κ1) is 11.6. The summed E-state index contributed by atoms with van der Waals surface area (Å²) >= 11 is 7.50. The molecule has 0 aliphatic carbocycles. The first-order valence-corrected chi connectivity index (χ1v) is 6.69. The van der Waals surface area contributed by atoms with E-state index in [0.717, 1.165) is 29.1 Å². The molecule has 2 aromatic heterocycles. The van der Waals surface area contributed by atoms with Crippen LogP contribution < -0.4 is 4.90 Å². The lowest BCUT2D eigenvalue weighted by Gasteiger charge is -2.20. The number of alkyl halides is 1. The van der Waals surface area contributed by atoms with Gasteiger partial charge in [0.25, 0.3) is 0 Å². The topological polar surface area (TPSA) is 29.0 Å². The lowest BCUT2D eigenvalue weighted by Crippen LogP contribution is -2.25. The van der Waals surface area contributed by atoms with E-state index in [1.54, 1.807) is 17.7 Å². The van der Waals surface area contributed by atoms with Gasteiger partial charge in [-0.3, -0.25) is 0 Å². The monoisotopic (exact) mass is 255 g/mol. The maximum Gasteiger partial charge on any atom is 0.150 e. The maximum absolute atomic E-state index is 5.80. The van der Waals surface area contributed by atoms with Crippen molar-refractivity contribution in [2.75, 3.05) is 23.9 Å². The molecular formula is C11H14ClN3S. The molecule has 0 aliphatic heterocycles. The van der Waals surface area contributed by atoms with Gasteiger partial charge < -0.3 is 4.90 Å². The third kappa shape index (κ3) is 1.99. The molecule has 0 amide bonds. The van der Waals surface area contributed by atoms with E-state index >= 15 is 0 Å². The van der Waals surface area contributed by atoms with Gasteiger partial charge in [-0.25, -0.2) is 9.97 Å². The molecule has 2 aromatic rings. The van der Waals surface area contributed by atoms with Crippen molar-refractivity contribution in [3.8, 4) is 0 Å². The summed E-state index contributed by atoms with van der Waals surface area (Å²) in [5.41, 5.74) is 2.27. The van der Waals surface area contributed by atoms with Gasteiger partial charge in [0, 0.05) is 19.0 Å². The van der Waals surface area contributed by atoms with E-state index in [2.05, 4.69) is 34.1 Å². The predicted molar refractivity (Wildman–Crippen MR) is 70.8 cm³/mol. The molecule has 0 bridgehead atoms. The van der Waals surface area contributed by atoms with Crippen LogP contribution in [0.25, 0.3) is 10.2 Å². The molecule has 0 unspecified atom stereocenters. The molecule has 0 saturated heterocycles. The molecule has 0 radical (unpaired) electrons. The van der Waals surface area contributed by atoms with Crippen LogP contribution in [0.2, 0.25) is 0 Å². The molecule has 5 heteroatoms. The first-order chi connectivity index (χ1) is 7.77. The highest BCUT2D eigenvalue weighted by atomic mass is 35.5. The minimum Gasteiger partial charge on any atom is -0.354 e. The SMILES string of the molecule is CCN(CCCl)c1ncnc2c(C)csc12. The number of hydrogen-bond donors (Lipinski definition) is 0. The zero-order chi connectivity index (χ0) is 11.5. The predicted octanol–water partition coefficient (Wildman–Crippen LogP) is 3.06. The van der Waals surface area contributed by atoms with Crippen molar-refractivity contribution >= 4 is 39.0 Å². The van der Waals surface area contributed by atoms with Crippen molar-refractivity contribution in [3.05, 3.63) is 17.3 Å². The Balaban J connectivity index is 2.50. The van der Waals surface area contributed by atoms with Gasteiger partial charge in [-0.2, -0.15) is 0 Å². The van der Waals surface area contributed by atoms with Crippen LogP contribution in [0.15, 0.2) is 11.7 Å². The average molecular weight is 256 g/mol. The van der Waals surface area contributed by atoms with Crippen molar-refractivity contribution in [1.82, 2.24) is 9.97 Å². The average Bonchev–Trinajstić information content (AvgIpc) is 2.68. The summed E-state index contributed by atoms with van der Waals surface area (Å²) in [6, 6.07) is 0. The Morgan fingerprint density at radius 2 is 2.25 bits per heavy atom. The number of anilines is 1. The Morgan fingerprint density at radius 3 is 2.94 bits per heavy atom. The highest BCUT2D eigenvalue weighted by Crippen LogP contribution is 2.30. The van der Waals surface area contributed by atoms with E-state index in [1.165, 1.54) is 5.56 Å². The molecule has 0 aromatic carbocycles. The fourth-order valence-electron chi connectivity index (χ4n) is 1.70. The normalized spacial score (nSPS) is 10.9. The van der Waals surface area contributed by atoms with Gasteiger partial charge in [0.1, 0.15) is 12.1 Å². The van der Waals surface area contributed by atoms with Crippen molar-refractivity contribution in [1.29, 1.82) is 0 Å². The Kier molecular flexibility index (Phi) is 3.61. The molecule has 0 atom stereocenters. The lowest BCUT2D eigenvalue weighted by molar-refractivity contribution is 0.853. The second-order valence-corrected chi connectivity index (χ2v) is 4.82. The minimum atomic E-state index is 0.615. The third-order valence-corrected chi connectivity index (χ3v) is 3.80. The van der Waals surface area contributed by atoms with Crippen LogP contribution in [-0.4, -0.2) is 28.9 Å². The number of halogens is 1. The van der Waals surface area contributed by atoms with Gasteiger partial charge in [-0.1, -0.05) is 0 Å². The van der Waals surface area contributed by atoms with E-state index in [-0.39, 0.29) is 0 Å². The Morgan fingerprint density at radius 1 is 1.44 bits per heavy atom. The number of hydrogen-bond acceptors (Lipinski definition) is 4. The molecular weight excluding hydrogens is 242 g/mol. The molecule has 2 rings (SSSR count). The van der Waals surface area contributed by atoms with Crippen molar-refractivity contribution in [2.45, 2.75) is 13.8 Å². The summed E-state index contributed by atoms with van der Waals surface area (Å²) in [4.78, 5) is 10.9. The number of thiophene rings is 1. The van der Waals surface area contributed by atoms with Crippen molar-refractivity contribution in [2.24, 2.45) is 0 Å². The van der Waals surface area contributed by atoms with E-state index in [9.17, 15) is 0 Å². The van der Waals surface area contributed by atoms with Gasteiger partial charge >= 0.3 is 0 Å². The van der Waals surface area contributed by atoms with Gasteiger partial charge in [-0.05, 0) is 24.8 Å². The highest BCUT2D eigenvalue weighted by Gasteiger charge is 2.12. The quantitative estimate of drug-likeness (QED) is 0.787. The van der Waals surface area contributed by atoms with Gasteiger partial charge in [0.05, 0.1) is 10.2 Å². The van der Waals surface area contributed by atoms with E-state index in [4.69, 9.17) is 11.6 Å². The van der Waals surface area contributed by atoms with Crippen molar-refractivity contribution in [3.63, 3.8) is 0 Å². The molecule has 2 heterocycles. The Bertz CT molecular complexity index is 483. The number of rotatable bonds is 4. The number of nitrogens with zero attached hydrogens (tertiary/aromatic N) is 3. The molecule has 0 spiro atoms. The summed E-state index contributed by atoms with van der Waals surface area (Å²) in [7, 11) is 0. The van der Waals surface area contributed by atoms with E-state index in [0.29, 0.717) is 5.88 Å². The fourth-order valence-corrected chi connectivity index (χ4v) is 2.92. The van der Waals surface area contributed by atoms with E-state index in [1.807, 2.05) is 0 Å². The smallest absolute Gasteiger partial charge is 0.150 e. The Hall–Kier alpha value is -0.870. The Labute approximate surface area is 104 Å².